The molecule has 5 heavy (non-hydrogen) atoms. The minimum absolute atomic E-state index is 0. The number of hydrogen-bond acceptors (Lipinski definition) is 0. The summed E-state index contributed by atoms with van der Waals surface area (Å²) in [5.74, 6) is 0. The van der Waals surface area contributed by atoms with Crippen molar-refractivity contribution in [3.05, 3.63) is 0 Å². The Morgan fingerprint density at radius 3 is 0.600 bits per heavy atom. The maximum atomic E-state index is 0. The Bertz CT molecular complexity index is 6.85. The predicted octanol–water partition coefficient (Wildman–Crippen LogP) is -0.361. The first kappa shape index (κ1) is 133. The van der Waals surface area contributed by atoms with Crippen molar-refractivity contribution in [2.75, 3.05) is 0 Å². The van der Waals surface area contributed by atoms with Crippen molar-refractivity contribution in [3.63, 3.8) is 0 Å². The van der Waals surface area contributed by atoms with Gasteiger partial charge in [-0.3, -0.25) is 0 Å². The molecule has 0 saturated carbocycles. The summed E-state index contributed by atoms with van der Waals surface area (Å²) < 4.78 is 0. The van der Waals surface area contributed by atoms with Crippen LogP contribution in [0.1, 0.15) is 0 Å². The summed E-state index contributed by atoms with van der Waals surface area (Å²) in [6.07, 6.45) is 0. The zero-order valence-corrected chi connectivity index (χ0v) is 6.02. The molecule has 0 rings (SSSR count). The molecule has 0 saturated heterocycles. The molecular weight excluding hydrogens is 288 g/mol. The number of hydrogen-bond donors (Lipinski definition) is 0. The van der Waals surface area contributed by atoms with Gasteiger partial charge in [0.05, 0.1) is 0 Å². The molecule has 0 heterocycles. The van der Waals surface area contributed by atoms with Crippen LogP contribution >= 0.6 is 0 Å². The van der Waals surface area contributed by atoms with Gasteiger partial charge in [-0.25, -0.2) is 0 Å². The Morgan fingerprint density at radius 2 is 0.600 bits per heavy atom. The van der Waals surface area contributed by atoms with Crippen LogP contribution in [0.3, 0.4) is 0 Å². The van der Waals surface area contributed by atoms with Crippen LogP contribution in [0.15, 0.2) is 0 Å². The average molecular weight is 288 g/mol. The zero-order chi connectivity index (χ0) is 0. The van der Waals surface area contributed by atoms with Crippen molar-refractivity contribution in [3.8, 4) is 0 Å². The van der Waals surface area contributed by atoms with Gasteiger partial charge in [0.1, 0.15) is 0 Å². The second kappa shape index (κ2) is 71.8. The first-order valence-electron chi connectivity index (χ1n) is 0. The molecule has 0 aliphatic carbocycles. The third kappa shape index (κ3) is 41.0. The van der Waals surface area contributed by atoms with Crippen LogP contribution in [0.4, 0.5) is 0 Å². The Morgan fingerprint density at radius 1 is 0.600 bits per heavy atom. The van der Waals surface area contributed by atoms with E-state index in [1.165, 1.54) is 0 Å². The normalized spacial score (nSPS) is 0. The minimum Gasteiger partial charge on any atom is -2.00 e. The molecule has 0 aromatic rings. The first-order chi connectivity index (χ1) is 0. The molecule has 0 radical (unpaired) electrons. The molecule has 0 atom stereocenters. The quantitative estimate of drug-likeness (QED) is 0.545. The summed E-state index contributed by atoms with van der Waals surface area (Å²) >= 11 is 0. The van der Waals surface area contributed by atoms with Crippen molar-refractivity contribution >= 4 is 0 Å². The van der Waals surface area contributed by atoms with E-state index in [2.05, 4.69) is 0 Å². The van der Waals surface area contributed by atoms with Gasteiger partial charge in [0.15, 0.2) is 0 Å². The third-order valence-corrected chi connectivity index (χ3v) is 0. The van der Waals surface area contributed by atoms with Crippen LogP contribution < -0.4 is 0 Å². The molecule has 0 aliphatic rings. The van der Waals surface area contributed by atoms with E-state index in [4.69, 9.17) is 0 Å². The third-order valence-electron chi connectivity index (χ3n) is 0. The molecule has 0 unspecified atom stereocenters. The molecule has 0 aliphatic heterocycles. The monoisotopic (exact) mass is 288 g/mol. The van der Waals surface area contributed by atoms with Crippen LogP contribution in [-0.4, -0.2) is 0 Å². The zero-order valence-electron chi connectivity index (χ0n) is 1.99. The summed E-state index contributed by atoms with van der Waals surface area (Å²) in [5.41, 5.74) is 0. The Balaban J connectivity index is 0. The molecule has 0 amide bonds. The molecule has 0 bridgehead atoms. The van der Waals surface area contributed by atoms with Gasteiger partial charge in [0, 0.05) is 0 Å². The maximum Gasteiger partial charge on any atom is 4.00 e. The standard InChI is InChI=1S/Fe.3O.W/q+2;3*-2;+4. The van der Waals surface area contributed by atoms with Crippen molar-refractivity contribution in [2.24, 2.45) is 0 Å². The topological polar surface area (TPSA) is 85.5 Å². The van der Waals surface area contributed by atoms with E-state index < -0.39 is 0 Å². The fourth-order valence-corrected chi connectivity index (χ4v) is 0. The average Bonchev–Trinajstić information content (AvgIpc) is 0. The van der Waals surface area contributed by atoms with Gasteiger partial charge >= 0.3 is 38.1 Å². The van der Waals surface area contributed by atoms with E-state index in [0.717, 1.165) is 0 Å². The molecule has 0 aromatic heterocycles. The van der Waals surface area contributed by atoms with E-state index in [0.29, 0.717) is 0 Å². The summed E-state index contributed by atoms with van der Waals surface area (Å²) in [5, 5.41) is 0. The second-order valence-electron chi connectivity index (χ2n) is 0. The summed E-state index contributed by atoms with van der Waals surface area (Å²) in [4.78, 5) is 0. The molecule has 0 aromatic carbocycles. The van der Waals surface area contributed by atoms with Crippen LogP contribution in [0.25, 0.3) is 0 Å². The summed E-state index contributed by atoms with van der Waals surface area (Å²) in [7, 11) is 0. The van der Waals surface area contributed by atoms with Gasteiger partial charge in [0.25, 0.3) is 0 Å². The predicted molar refractivity (Wildman–Crippen MR) is 2.06 cm³/mol. The SMILES string of the molecule is [Fe+2].[O-2].[O-2].[O-2].[W+4]. The smallest absolute Gasteiger partial charge is 2.00 e. The molecule has 0 spiro atoms. The molecule has 32 valence electrons. The fourth-order valence-electron chi connectivity index (χ4n) is 0. The molecule has 3 nitrogen and oxygen atoms in total. The van der Waals surface area contributed by atoms with Gasteiger partial charge < -0.3 is 16.4 Å². The fraction of sp³-hybridized carbons (Fsp3) is 0. The summed E-state index contributed by atoms with van der Waals surface area (Å²) in [6, 6.07) is 0. The number of rotatable bonds is 0. The van der Waals surface area contributed by atoms with Gasteiger partial charge in [-0.1, -0.05) is 0 Å². The van der Waals surface area contributed by atoms with Crippen molar-refractivity contribution < 1.29 is 54.6 Å². The van der Waals surface area contributed by atoms with Gasteiger partial charge in [-0.2, -0.15) is 0 Å². The van der Waals surface area contributed by atoms with Gasteiger partial charge in [0.2, 0.25) is 0 Å². The minimum atomic E-state index is 0. The van der Waals surface area contributed by atoms with Crippen LogP contribution in [0.5, 0.6) is 0 Å². The van der Waals surface area contributed by atoms with Crippen LogP contribution in [-0.2, 0) is 54.6 Å². The van der Waals surface area contributed by atoms with E-state index in [1.54, 1.807) is 0 Å². The Hall–Kier alpha value is 1.09. The van der Waals surface area contributed by atoms with Crippen molar-refractivity contribution in [1.29, 1.82) is 0 Å². The van der Waals surface area contributed by atoms with Crippen LogP contribution in [0, 0.1) is 0 Å². The van der Waals surface area contributed by atoms with Crippen molar-refractivity contribution in [2.45, 2.75) is 0 Å². The first-order valence-corrected chi connectivity index (χ1v) is 0. The van der Waals surface area contributed by atoms with Crippen molar-refractivity contribution in [1.82, 2.24) is 0 Å². The largest absolute Gasteiger partial charge is 4.00 e. The Labute approximate surface area is 54.8 Å². The molecule has 0 fully saturated rings. The van der Waals surface area contributed by atoms with E-state index in [9.17, 15) is 0 Å². The van der Waals surface area contributed by atoms with Gasteiger partial charge in [-0.15, -0.1) is 0 Å². The van der Waals surface area contributed by atoms with E-state index >= 15 is 0 Å². The summed E-state index contributed by atoms with van der Waals surface area (Å²) in [6.45, 7) is 0. The molecule has 5 heteroatoms. The Kier molecular flexibility index (Phi) is 1910. The molecule has 0 N–H and O–H groups in total. The van der Waals surface area contributed by atoms with E-state index in [1.807, 2.05) is 0 Å². The molecular formula is FeO3W. The van der Waals surface area contributed by atoms with E-state index in [-0.39, 0.29) is 54.6 Å². The second-order valence-corrected chi connectivity index (χ2v) is 0. The van der Waals surface area contributed by atoms with Crippen LogP contribution in [0.2, 0.25) is 0 Å². The maximum absolute atomic E-state index is 0. The van der Waals surface area contributed by atoms with Gasteiger partial charge in [-0.05, 0) is 0 Å².